The Morgan fingerprint density at radius 3 is 2.59 bits per heavy atom. The van der Waals surface area contributed by atoms with E-state index in [1.54, 1.807) is 57.8 Å². The first kappa shape index (κ1) is 27.8. The van der Waals surface area contributed by atoms with E-state index in [9.17, 15) is 9.59 Å². The largest absolute Gasteiger partial charge is 0.474 e. The summed E-state index contributed by atoms with van der Waals surface area (Å²) in [5.41, 5.74) is 2.02. The number of anilines is 2. The van der Waals surface area contributed by atoms with Crippen LogP contribution in [0.4, 0.5) is 25.5 Å². The highest BCUT2D eigenvalue weighted by atomic mass is 19.1. The first-order chi connectivity index (χ1) is 19.4. The third-order valence-electron chi connectivity index (χ3n) is 6.62. The Kier molecular flexibility index (Phi) is 7.24. The van der Waals surface area contributed by atoms with Gasteiger partial charge in [-0.15, -0.1) is 0 Å². The van der Waals surface area contributed by atoms with Gasteiger partial charge in [0.15, 0.2) is 0 Å². The van der Waals surface area contributed by atoms with Gasteiger partial charge >= 0.3 is 12.1 Å². The Hall–Kier alpha value is -4.74. The molecule has 214 valence electrons. The summed E-state index contributed by atoms with van der Waals surface area (Å²) < 4.78 is 28.4. The number of hydrogen-bond acceptors (Lipinski definition) is 7. The van der Waals surface area contributed by atoms with E-state index in [2.05, 4.69) is 25.7 Å². The van der Waals surface area contributed by atoms with Crippen molar-refractivity contribution in [3.8, 4) is 17.0 Å². The van der Waals surface area contributed by atoms with Crippen molar-refractivity contribution < 1.29 is 23.5 Å². The third kappa shape index (κ3) is 5.91. The molecule has 2 N–H and O–H groups in total. The van der Waals surface area contributed by atoms with Crippen LogP contribution in [0.2, 0.25) is 0 Å². The van der Waals surface area contributed by atoms with E-state index in [0.29, 0.717) is 33.4 Å². The number of fused-ring (bicyclic) bond motifs is 2. The normalized spacial score (nSPS) is 13.8. The summed E-state index contributed by atoms with van der Waals surface area (Å²) in [6.45, 7) is 9.56. The average Bonchev–Trinajstić information content (AvgIpc) is 3.34. The van der Waals surface area contributed by atoms with Gasteiger partial charge < -0.3 is 14.8 Å². The summed E-state index contributed by atoms with van der Waals surface area (Å²) in [5.74, 6) is 0.107. The van der Waals surface area contributed by atoms with Gasteiger partial charge in [-0.3, -0.25) is 14.9 Å². The van der Waals surface area contributed by atoms with Gasteiger partial charge in [0.25, 0.3) is 0 Å². The summed E-state index contributed by atoms with van der Waals surface area (Å²) in [6.07, 6.45) is 6.02. The molecule has 0 spiro atoms. The molecule has 1 aliphatic heterocycles. The number of carbonyl (C=O) groups excluding carboxylic acids is 2. The number of nitrogens with one attached hydrogen (secondary N) is 2. The SMILES string of the molecule is Cc1c(-c2cc3cc(NC(=O)NC(C)c4cnn(C)c4)ncc3cc2F)cnc2c1N(C(=O)OC(C)(C)C)CCO2. The summed E-state index contributed by atoms with van der Waals surface area (Å²) in [4.78, 5) is 35.8. The van der Waals surface area contributed by atoms with Crippen LogP contribution in [0.25, 0.3) is 21.9 Å². The Labute approximate surface area is 236 Å². The van der Waals surface area contributed by atoms with Gasteiger partial charge in [-0.05, 0) is 63.8 Å². The summed E-state index contributed by atoms with van der Waals surface area (Å²) in [5, 5.41) is 10.9. The maximum Gasteiger partial charge on any atom is 0.415 e. The van der Waals surface area contributed by atoms with Crippen molar-refractivity contribution in [2.75, 3.05) is 23.4 Å². The second-order valence-electron chi connectivity index (χ2n) is 10.9. The van der Waals surface area contributed by atoms with Crippen LogP contribution in [0.15, 0.2) is 43.0 Å². The summed E-state index contributed by atoms with van der Waals surface area (Å²) in [7, 11) is 1.80. The Bertz CT molecular complexity index is 1650. The molecular formula is C29H32FN7O4. The van der Waals surface area contributed by atoms with Crippen LogP contribution in [-0.4, -0.2) is 50.6 Å². The number of nitrogens with zero attached hydrogens (tertiary/aromatic N) is 5. The maximum absolute atomic E-state index is 15.4. The molecule has 11 nitrogen and oxygen atoms in total. The molecule has 0 bridgehead atoms. The minimum absolute atomic E-state index is 0.264. The van der Waals surface area contributed by atoms with Crippen molar-refractivity contribution >= 4 is 34.4 Å². The number of benzene rings is 1. The van der Waals surface area contributed by atoms with Crippen LogP contribution in [0.5, 0.6) is 5.88 Å². The molecule has 5 rings (SSSR count). The number of carbonyl (C=O) groups is 2. The molecule has 12 heteroatoms. The molecule has 1 aromatic carbocycles. The number of halogens is 1. The van der Waals surface area contributed by atoms with Crippen LogP contribution in [0.1, 0.15) is 44.9 Å². The van der Waals surface area contributed by atoms with Gasteiger partial charge in [0, 0.05) is 47.7 Å². The fourth-order valence-electron chi connectivity index (χ4n) is 4.65. The number of urea groups is 1. The quantitative estimate of drug-likeness (QED) is 0.337. The minimum atomic E-state index is -0.688. The molecule has 0 aliphatic carbocycles. The van der Waals surface area contributed by atoms with E-state index in [1.807, 2.05) is 13.1 Å². The van der Waals surface area contributed by atoms with E-state index in [0.717, 1.165) is 5.56 Å². The van der Waals surface area contributed by atoms with E-state index in [4.69, 9.17) is 9.47 Å². The van der Waals surface area contributed by atoms with E-state index in [-0.39, 0.29) is 30.6 Å². The smallest absolute Gasteiger partial charge is 0.415 e. The van der Waals surface area contributed by atoms with Crippen molar-refractivity contribution in [1.29, 1.82) is 0 Å². The van der Waals surface area contributed by atoms with Gasteiger partial charge in [0.1, 0.15) is 29.5 Å². The molecule has 1 unspecified atom stereocenters. The number of aryl methyl sites for hydroxylation is 1. The molecule has 0 saturated carbocycles. The molecule has 1 aliphatic rings. The molecule has 0 saturated heterocycles. The minimum Gasteiger partial charge on any atom is -0.474 e. The van der Waals surface area contributed by atoms with E-state index >= 15 is 4.39 Å². The molecular weight excluding hydrogens is 529 g/mol. The highest BCUT2D eigenvalue weighted by molar-refractivity contribution is 5.96. The van der Waals surface area contributed by atoms with Crippen LogP contribution < -0.4 is 20.3 Å². The Balaban J connectivity index is 1.44. The molecule has 1 atom stereocenters. The topological polar surface area (TPSA) is 124 Å². The van der Waals surface area contributed by atoms with Gasteiger partial charge in [-0.2, -0.15) is 5.10 Å². The summed E-state index contributed by atoms with van der Waals surface area (Å²) >= 11 is 0. The molecule has 41 heavy (non-hydrogen) atoms. The predicted molar refractivity (Wildman–Crippen MR) is 153 cm³/mol. The van der Waals surface area contributed by atoms with Gasteiger partial charge in [-0.25, -0.2) is 23.9 Å². The average molecular weight is 562 g/mol. The number of amides is 3. The molecule has 4 heterocycles. The highest BCUT2D eigenvalue weighted by Gasteiger charge is 2.32. The van der Waals surface area contributed by atoms with Gasteiger partial charge in [-0.1, -0.05) is 0 Å². The number of ether oxygens (including phenoxy) is 2. The molecule has 3 amide bonds. The maximum atomic E-state index is 15.4. The second-order valence-corrected chi connectivity index (χ2v) is 10.9. The number of aromatic nitrogens is 4. The highest BCUT2D eigenvalue weighted by Crippen LogP contribution is 2.40. The van der Waals surface area contributed by atoms with Gasteiger partial charge in [0.05, 0.1) is 18.8 Å². The van der Waals surface area contributed by atoms with Crippen LogP contribution in [0.3, 0.4) is 0 Å². The van der Waals surface area contributed by atoms with Crippen molar-refractivity contribution in [2.24, 2.45) is 7.05 Å². The van der Waals surface area contributed by atoms with Crippen LogP contribution >= 0.6 is 0 Å². The fraction of sp³-hybridized carbons (Fsp3) is 0.345. The summed E-state index contributed by atoms with van der Waals surface area (Å²) in [6, 6.07) is 4.02. The van der Waals surface area contributed by atoms with E-state index < -0.39 is 23.5 Å². The van der Waals surface area contributed by atoms with Crippen LogP contribution in [0, 0.1) is 12.7 Å². The zero-order valence-electron chi connectivity index (χ0n) is 23.8. The zero-order valence-corrected chi connectivity index (χ0v) is 23.8. The first-order valence-corrected chi connectivity index (χ1v) is 13.2. The lowest BCUT2D eigenvalue weighted by Crippen LogP contribution is -2.42. The molecule has 4 aromatic rings. The lowest BCUT2D eigenvalue weighted by Gasteiger charge is -2.32. The van der Waals surface area contributed by atoms with Crippen molar-refractivity contribution in [3.05, 3.63) is 59.9 Å². The number of rotatable bonds is 4. The fourth-order valence-corrected chi connectivity index (χ4v) is 4.65. The Morgan fingerprint density at radius 1 is 1.10 bits per heavy atom. The molecule has 0 fully saturated rings. The lowest BCUT2D eigenvalue weighted by atomic mass is 9.98. The number of hydrogen-bond donors (Lipinski definition) is 2. The lowest BCUT2D eigenvalue weighted by molar-refractivity contribution is 0.0566. The van der Waals surface area contributed by atoms with Crippen molar-refractivity contribution in [1.82, 2.24) is 25.1 Å². The zero-order chi connectivity index (χ0) is 29.5. The van der Waals surface area contributed by atoms with Crippen LogP contribution in [-0.2, 0) is 11.8 Å². The second kappa shape index (κ2) is 10.7. The van der Waals surface area contributed by atoms with E-state index in [1.165, 1.54) is 23.4 Å². The molecule has 0 radical (unpaired) electrons. The van der Waals surface area contributed by atoms with Gasteiger partial charge in [0.2, 0.25) is 5.88 Å². The monoisotopic (exact) mass is 561 g/mol. The predicted octanol–water partition coefficient (Wildman–Crippen LogP) is 5.49. The van der Waals surface area contributed by atoms with Crippen molar-refractivity contribution in [2.45, 2.75) is 46.3 Å². The first-order valence-electron chi connectivity index (χ1n) is 13.2. The third-order valence-corrected chi connectivity index (χ3v) is 6.62. The Morgan fingerprint density at radius 2 is 1.88 bits per heavy atom. The standard InChI is InChI=1S/C29H32FN7O4/c1-16-22(14-32-26-25(16)37(7-8-40-26)28(39)41-29(3,4)5)21-9-18-11-24(31-12-19(18)10-23(21)30)35-27(38)34-17(2)20-13-33-36(6)15-20/h9-15,17H,7-8H2,1-6H3,(H2,31,34,35,38). The van der Waals surface area contributed by atoms with Crippen molar-refractivity contribution in [3.63, 3.8) is 0 Å². The number of pyridine rings is 2. The molecule has 3 aromatic heterocycles.